The fourth-order valence-electron chi connectivity index (χ4n) is 1.98. The van der Waals surface area contributed by atoms with Crippen molar-refractivity contribution in [3.63, 3.8) is 0 Å². The first-order valence-electron chi connectivity index (χ1n) is 6.03. The zero-order chi connectivity index (χ0) is 12.2. The van der Waals surface area contributed by atoms with Gasteiger partial charge >= 0.3 is 0 Å². The molecular weight excluding hydrogens is 206 g/mol. The number of hydrogen-bond acceptors (Lipinski definition) is 3. The van der Waals surface area contributed by atoms with E-state index in [0.29, 0.717) is 32.6 Å². The van der Waals surface area contributed by atoms with E-state index in [9.17, 15) is 9.90 Å². The summed E-state index contributed by atoms with van der Waals surface area (Å²) in [6.07, 6.45) is 2.07. The second-order valence-corrected chi connectivity index (χ2v) is 4.84. The lowest BCUT2D eigenvalue weighted by Crippen LogP contribution is -2.48. The average molecular weight is 229 g/mol. The van der Waals surface area contributed by atoms with Gasteiger partial charge in [0.05, 0.1) is 5.60 Å². The Hall–Kier alpha value is -0.610. The third-order valence-corrected chi connectivity index (χ3v) is 3.37. The highest BCUT2D eigenvalue weighted by Crippen LogP contribution is 2.22. The van der Waals surface area contributed by atoms with Crippen LogP contribution in [0.1, 0.15) is 33.1 Å². The van der Waals surface area contributed by atoms with E-state index in [1.165, 1.54) is 0 Å². The number of ether oxygens (including phenoxy) is 1. The molecule has 16 heavy (non-hydrogen) atoms. The summed E-state index contributed by atoms with van der Waals surface area (Å²) >= 11 is 0. The molecule has 0 radical (unpaired) electrons. The topological polar surface area (TPSA) is 49.8 Å². The van der Waals surface area contributed by atoms with E-state index >= 15 is 0 Å². The third kappa shape index (κ3) is 3.46. The molecule has 1 N–H and O–H groups in total. The van der Waals surface area contributed by atoms with Gasteiger partial charge < -0.3 is 14.7 Å². The van der Waals surface area contributed by atoms with Crippen LogP contribution in [0, 0.1) is 5.92 Å². The molecule has 0 aromatic carbocycles. The summed E-state index contributed by atoms with van der Waals surface area (Å²) in [6.45, 7) is 5.51. The third-order valence-electron chi connectivity index (χ3n) is 3.37. The zero-order valence-electron chi connectivity index (χ0n) is 10.5. The molecule has 0 spiro atoms. The van der Waals surface area contributed by atoms with Gasteiger partial charge in [-0.3, -0.25) is 4.79 Å². The molecule has 0 saturated carbocycles. The summed E-state index contributed by atoms with van der Waals surface area (Å²) < 4.78 is 5.21. The number of rotatable bonds is 4. The molecule has 4 nitrogen and oxygen atoms in total. The van der Waals surface area contributed by atoms with Gasteiger partial charge in [0.1, 0.15) is 0 Å². The second kappa shape index (κ2) is 5.64. The van der Waals surface area contributed by atoms with Crippen molar-refractivity contribution in [3.05, 3.63) is 0 Å². The van der Waals surface area contributed by atoms with E-state index < -0.39 is 5.60 Å². The highest BCUT2D eigenvalue weighted by molar-refractivity contribution is 5.78. The largest absolute Gasteiger partial charge is 0.388 e. The molecule has 1 saturated heterocycles. The van der Waals surface area contributed by atoms with Crippen molar-refractivity contribution in [1.29, 1.82) is 0 Å². The minimum absolute atomic E-state index is 0.0356. The first-order chi connectivity index (χ1) is 7.48. The standard InChI is InChI=1S/C12H23NO3/c1-4-10(2)11(14)13(3)9-12(15)5-7-16-8-6-12/h10,15H,4-9H2,1-3H3. The Morgan fingerprint density at radius 3 is 2.56 bits per heavy atom. The number of carbonyl (C=O) groups is 1. The van der Waals surface area contributed by atoms with Crippen LogP contribution < -0.4 is 0 Å². The van der Waals surface area contributed by atoms with Crippen molar-refractivity contribution in [2.75, 3.05) is 26.8 Å². The molecule has 0 aliphatic carbocycles. The minimum atomic E-state index is -0.754. The van der Waals surface area contributed by atoms with Gasteiger partial charge in [-0.15, -0.1) is 0 Å². The number of carbonyl (C=O) groups excluding carboxylic acids is 1. The molecular formula is C12H23NO3. The van der Waals surface area contributed by atoms with Crippen LogP contribution in [0.25, 0.3) is 0 Å². The van der Waals surface area contributed by atoms with E-state index in [1.807, 2.05) is 13.8 Å². The fourth-order valence-corrected chi connectivity index (χ4v) is 1.98. The number of likely N-dealkylation sites (N-methyl/N-ethyl adjacent to an activating group) is 1. The fraction of sp³-hybridized carbons (Fsp3) is 0.917. The molecule has 1 aliphatic rings. The smallest absolute Gasteiger partial charge is 0.225 e. The van der Waals surface area contributed by atoms with Crippen LogP contribution in [-0.2, 0) is 9.53 Å². The molecule has 4 heteroatoms. The molecule has 0 aromatic rings. The number of nitrogens with zero attached hydrogens (tertiary/aromatic N) is 1. The monoisotopic (exact) mass is 229 g/mol. The summed E-state index contributed by atoms with van der Waals surface area (Å²) in [6, 6.07) is 0. The Bertz CT molecular complexity index is 236. The molecule has 1 heterocycles. The summed E-state index contributed by atoms with van der Waals surface area (Å²) in [4.78, 5) is 13.5. The average Bonchev–Trinajstić information content (AvgIpc) is 2.27. The van der Waals surface area contributed by atoms with E-state index in [-0.39, 0.29) is 11.8 Å². The van der Waals surface area contributed by atoms with Crippen LogP contribution in [0.2, 0.25) is 0 Å². The molecule has 1 fully saturated rings. The van der Waals surface area contributed by atoms with Crippen molar-refractivity contribution < 1.29 is 14.6 Å². The molecule has 1 unspecified atom stereocenters. The molecule has 94 valence electrons. The van der Waals surface area contributed by atoms with Crippen molar-refractivity contribution in [2.45, 2.75) is 38.7 Å². The maximum Gasteiger partial charge on any atom is 0.225 e. The van der Waals surface area contributed by atoms with Gasteiger partial charge in [-0.05, 0) is 6.42 Å². The lowest BCUT2D eigenvalue weighted by Gasteiger charge is -2.36. The highest BCUT2D eigenvalue weighted by Gasteiger charge is 2.32. The van der Waals surface area contributed by atoms with Gasteiger partial charge in [0.15, 0.2) is 0 Å². The molecule has 0 aromatic heterocycles. The summed E-state index contributed by atoms with van der Waals surface area (Å²) in [7, 11) is 1.77. The van der Waals surface area contributed by atoms with Gasteiger partial charge in [0.25, 0.3) is 0 Å². The maximum atomic E-state index is 11.9. The maximum absolute atomic E-state index is 11.9. The molecule has 0 bridgehead atoms. The summed E-state index contributed by atoms with van der Waals surface area (Å²) in [5.74, 6) is 0.149. The second-order valence-electron chi connectivity index (χ2n) is 4.84. The zero-order valence-corrected chi connectivity index (χ0v) is 10.5. The molecule has 1 amide bonds. The Morgan fingerprint density at radius 1 is 1.50 bits per heavy atom. The van der Waals surface area contributed by atoms with Crippen LogP contribution in [0.4, 0.5) is 0 Å². The van der Waals surface area contributed by atoms with E-state index in [4.69, 9.17) is 4.74 Å². The SMILES string of the molecule is CCC(C)C(=O)N(C)CC1(O)CCOCC1. The lowest BCUT2D eigenvalue weighted by atomic mass is 9.93. The predicted molar refractivity (Wildman–Crippen MR) is 62.1 cm³/mol. The predicted octanol–water partition coefficient (Wildman–Crippen LogP) is 1.03. The van der Waals surface area contributed by atoms with Crippen LogP contribution in [0.3, 0.4) is 0 Å². The van der Waals surface area contributed by atoms with Crippen molar-refractivity contribution in [3.8, 4) is 0 Å². The highest BCUT2D eigenvalue weighted by atomic mass is 16.5. The van der Waals surface area contributed by atoms with E-state index in [0.717, 1.165) is 6.42 Å². The van der Waals surface area contributed by atoms with Gasteiger partial charge in [0.2, 0.25) is 5.91 Å². The number of aliphatic hydroxyl groups is 1. The van der Waals surface area contributed by atoms with Crippen molar-refractivity contribution >= 4 is 5.91 Å². The van der Waals surface area contributed by atoms with E-state index in [2.05, 4.69) is 0 Å². The Balaban J connectivity index is 2.49. The Labute approximate surface area is 97.6 Å². The number of amides is 1. The molecule has 1 aliphatic heterocycles. The van der Waals surface area contributed by atoms with Crippen LogP contribution in [-0.4, -0.2) is 48.3 Å². The molecule has 1 atom stereocenters. The summed E-state index contributed by atoms with van der Waals surface area (Å²) in [5, 5.41) is 10.3. The van der Waals surface area contributed by atoms with Crippen LogP contribution in [0.15, 0.2) is 0 Å². The first kappa shape index (κ1) is 13.5. The summed E-state index contributed by atoms with van der Waals surface area (Å²) in [5.41, 5.74) is -0.754. The first-order valence-corrected chi connectivity index (χ1v) is 6.03. The normalized spacial score (nSPS) is 21.5. The molecule has 1 rings (SSSR count). The quantitative estimate of drug-likeness (QED) is 0.783. The van der Waals surface area contributed by atoms with Gasteiger partial charge in [-0.25, -0.2) is 0 Å². The van der Waals surface area contributed by atoms with Gasteiger partial charge in [-0.2, -0.15) is 0 Å². The van der Waals surface area contributed by atoms with Crippen molar-refractivity contribution in [1.82, 2.24) is 4.90 Å². The van der Waals surface area contributed by atoms with Crippen molar-refractivity contribution in [2.24, 2.45) is 5.92 Å². The van der Waals surface area contributed by atoms with Gasteiger partial charge in [0, 0.05) is 45.6 Å². The van der Waals surface area contributed by atoms with E-state index in [1.54, 1.807) is 11.9 Å². The number of hydrogen-bond donors (Lipinski definition) is 1. The Kier molecular flexibility index (Phi) is 4.74. The van der Waals surface area contributed by atoms with Crippen LogP contribution >= 0.6 is 0 Å². The lowest BCUT2D eigenvalue weighted by molar-refractivity contribution is -0.140. The minimum Gasteiger partial charge on any atom is -0.388 e. The van der Waals surface area contributed by atoms with Crippen LogP contribution in [0.5, 0.6) is 0 Å². The van der Waals surface area contributed by atoms with Gasteiger partial charge in [-0.1, -0.05) is 13.8 Å². The Morgan fingerprint density at radius 2 is 2.06 bits per heavy atom.